The van der Waals surface area contributed by atoms with Crippen LogP contribution in [0.5, 0.6) is 11.5 Å². The molecule has 1 heterocycles. The molecule has 0 fully saturated rings. The molecule has 0 aliphatic carbocycles. The van der Waals surface area contributed by atoms with Crippen LogP contribution in [0.4, 0.5) is 5.69 Å². The molecule has 0 saturated heterocycles. The molecule has 0 aromatic heterocycles. The summed E-state index contributed by atoms with van der Waals surface area (Å²) in [7, 11) is -2.12. The van der Waals surface area contributed by atoms with Crippen molar-refractivity contribution < 1.29 is 17.9 Å². The van der Waals surface area contributed by atoms with Gasteiger partial charge in [0, 0.05) is 18.5 Å². The Balaban J connectivity index is 2.03. The van der Waals surface area contributed by atoms with Crippen LogP contribution in [0.25, 0.3) is 0 Å². The van der Waals surface area contributed by atoms with E-state index >= 15 is 0 Å². The zero-order valence-corrected chi connectivity index (χ0v) is 16.3. The van der Waals surface area contributed by atoms with Gasteiger partial charge in [-0.25, -0.2) is 8.42 Å². The van der Waals surface area contributed by atoms with E-state index in [4.69, 9.17) is 9.47 Å². The largest absolute Gasteiger partial charge is 0.497 e. The van der Waals surface area contributed by atoms with Gasteiger partial charge < -0.3 is 9.47 Å². The molecule has 1 aliphatic rings. The van der Waals surface area contributed by atoms with E-state index in [-0.39, 0.29) is 10.8 Å². The van der Waals surface area contributed by atoms with Crippen LogP contribution in [0.1, 0.15) is 38.2 Å². The minimum absolute atomic E-state index is 0.177. The lowest BCUT2D eigenvalue weighted by Crippen LogP contribution is -2.30. The van der Waals surface area contributed by atoms with Crippen molar-refractivity contribution in [3.05, 3.63) is 48.0 Å². The smallest absolute Gasteiger partial charge is 0.264 e. The number of anilines is 1. The first kappa shape index (κ1) is 18.6. The second-order valence-corrected chi connectivity index (χ2v) is 8.22. The molecule has 140 valence electrons. The predicted molar refractivity (Wildman–Crippen MR) is 103 cm³/mol. The number of hydrogen-bond acceptors (Lipinski definition) is 4. The van der Waals surface area contributed by atoms with E-state index in [1.54, 1.807) is 24.3 Å². The van der Waals surface area contributed by atoms with E-state index in [1.165, 1.54) is 11.4 Å². The average Bonchev–Trinajstić information content (AvgIpc) is 3.01. The summed E-state index contributed by atoms with van der Waals surface area (Å²) in [6.45, 7) is 5.10. The number of hydrogen-bond donors (Lipinski definition) is 0. The first-order chi connectivity index (χ1) is 12.5. The Bertz CT molecular complexity index is 879. The highest BCUT2D eigenvalue weighted by atomic mass is 32.2. The average molecular weight is 375 g/mol. The molecule has 0 spiro atoms. The summed E-state index contributed by atoms with van der Waals surface area (Å²) in [5.74, 6) is 1.49. The van der Waals surface area contributed by atoms with Gasteiger partial charge in [0.15, 0.2) is 0 Å². The summed E-state index contributed by atoms with van der Waals surface area (Å²) in [4.78, 5) is 0.244. The van der Waals surface area contributed by atoms with Gasteiger partial charge >= 0.3 is 0 Å². The van der Waals surface area contributed by atoms with E-state index in [9.17, 15) is 8.42 Å². The molecule has 0 bridgehead atoms. The molecule has 2 aromatic rings. The molecule has 1 aliphatic heterocycles. The summed E-state index contributed by atoms with van der Waals surface area (Å²) in [5, 5.41) is 0. The summed E-state index contributed by atoms with van der Waals surface area (Å²) in [6, 6.07) is 12.3. The SMILES string of the molecule is CCCC1CN(S(=O)(=O)c2cccc(OC)c2)c2ccc(OCC)cc21. The standard InChI is InChI=1S/C20H25NO4S/c1-4-7-15-14-21(20-11-10-17(25-5-2)13-19(15)20)26(22,23)18-9-6-8-16(12-18)24-3/h6,8-13,15H,4-5,7,14H2,1-3H3. The molecular formula is C20H25NO4S. The van der Waals surface area contributed by atoms with Gasteiger partial charge in [0.05, 0.1) is 24.3 Å². The van der Waals surface area contributed by atoms with Gasteiger partial charge in [-0.05, 0) is 49.2 Å². The van der Waals surface area contributed by atoms with Crippen LogP contribution in [-0.4, -0.2) is 28.7 Å². The van der Waals surface area contributed by atoms with E-state index in [2.05, 4.69) is 6.92 Å². The summed E-state index contributed by atoms with van der Waals surface area (Å²) >= 11 is 0. The van der Waals surface area contributed by atoms with Crippen molar-refractivity contribution >= 4 is 15.7 Å². The molecular weight excluding hydrogens is 350 g/mol. The van der Waals surface area contributed by atoms with Crippen LogP contribution in [0.2, 0.25) is 0 Å². The Kier molecular flexibility index (Phi) is 5.41. The van der Waals surface area contributed by atoms with Crippen LogP contribution < -0.4 is 13.8 Å². The van der Waals surface area contributed by atoms with Crippen LogP contribution in [0, 0.1) is 0 Å². The number of methoxy groups -OCH3 is 1. The highest BCUT2D eigenvalue weighted by Crippen LogP contribution is 2.43. The van der Waals surface area contributed by atoms with Crippen LogP contribution in [0.3, 0.4) is 0 Å². The second kappa shape index (κ2) is 7.58. The Labute approximate surface area is 155 Å². The molecule has 1 atom stereocenters. The van der Waals surface area contributed by atoms with Crippen molar-refractivity contribution in [2.45, 2.75) is 37.5 Å². The number of sulfonamides is 1. The van der Waals surface area contributed by atoms with Gasteiger partial charge in [-0.15, -0.1) is 0 Å². The summed E-state index contributed by atoms with van der Waals surface area (Å²) in [5.41, 5.74) is 1.79. The van der Waals surface area contributed by atoms with Crippen LogP contribution in [0.15, 0.2) is 47.4 Å². The number of benzene rings is 2. The Hall–Kier alpha value is -2.21. The first-order valence-electron chi connectivity index (χ1n) is 8.94. The quantitative estimate of drug-likeness (QED) is 0.728. The second-order valence-electron chi connectivity index (χ2n) is 6.35. The van der Waals surface area contributed by atoms with Crippen molar-refractivity contribution in [2.75, 3.05) is 24.6 Å². The highest BCUT2D eigenvalue weighted by Gasteiger charge is 2.36. The number of nitrogens with zero attached hydrogens (tertiary/aromatic N) is 1. The molecule has 3 rings (SSSR count). The monoisotopic (exact) mass is 375 g/mol. The van der Waals surface area contributed by atoms with E-state index < -0.39 is 10.0 Å². The van der Waals surface area contributed by atoms with Gasteiger partial charge in [-0.3, -0.25) is 4.31 Å². The van der Waals surface area contributed by atoms with Crippen LogP contribution >= 0.6 is 0 Å². The summed E-state index contributed by atoms with van der Waals surface area (Å²) < 4.78 is 38.8. The topological polar surface area (TPSA) is 55.8 Å². The van der Waals surface area contributed by atoms with Crippen molar-refractivity contribution in [3.63, 3.8) is 0 Å². The van der Waals surface area contributed by atoms with E-state index in [0.717, 1.165) is 29.8 Å². The lowest BCUT2D eigenvalue weighted by Gasteiger charge is -2.20. The lowest BCUT2D eigenvalue weighted by molar-refractivity contribution is 0.340. The molecule has 0 amide bonds. The van der Waals surface area contributed by atoms with Crippen molar-refractivity contribution in [1.29, 1.82) is 0 Å². The maximum absolute atomic E-state index is 13.3. The van der Waals surface area contributed by atoms with Gasteiger partial charge in [0.2, 0.25) is 0 Å². The maximum Gasteiger partial charge on any atom is 0.264 e. The summed E-state index contributed by atoms with van der Waals surface area (Å²) in [6.07, 6.45) is 1.93. The molecule has 1 unspecified atom stereocenters. The van der Waals surface area contributed by atoms with Gasteiger partial charge in [-0.1, -0.05) is 19.4 Å². The fraction of sp³-hybridized carbons (Fsp3) is 0.400. The van der Waals surface area contributed by atoms with Crippen molar-refractivity contribution in [1.82, 2.24) is 0 Å². The first-order valence-corrected chi connectivity index (χ1v) is 10.4. The van der Waals surface area contributed by atoms with Crippen LogP contribution in [-0.2, 0) is 10.0 Å². The maximum atomic E-state index is 13.3. The van der Waals surface area contributed by atoms with Gasteiger partial charge in [0.1, 0.15) is 11.5 Å². The zero-order valence-electron chi connectivity index (χ0n) is 15.4. The van der Waals surface area contributed by atoms with Gasteiger partial charge in [0.25, 0.3) is 10.0 Å². The van der Waals surface area contributed by atoms with E-state index in [0.29, 0.717) is 18.9 Å². The van der Waals surface area contributed by atoms with Crippen molar-refractivity contribution in [3.8, 4) is 11.5 Å². The molecule has 0 N–H and O–H groups in total. The zero-order chi connectivity index (χ0) is 18.7. The minimum atomic E-state index is -3.65. The highest BCUT2D eigenvalue weighted by molar-refractivity contribution is 7.92. The fourth-order valence-electron chi connectivity index (χ4n) is 3.45. The third-order valence-electron chi connectivity index (χ3n) is 4.67. The fourth-order valence-corrected chi connectivity index (χ4v) is 5.02. The molecule has 2 aromatic carbocycles. The molecule has 6 heteroatoms. The Morgan fingerprint density at radius 1 is 1.12 bits per heavy atom. The molecule has 0 radical (unpaired) electrons. The third-order valence-corrected chi connectivity index (χ3v) is 6.45. The minimum Gasteiger partial charge on any atom is -0.497 e. The van der Waals surface area contributed by atoms with Gasteiger partial charge in [-0.2, -0.15) is 0 Å². The number of rotatable bonds is 7. The number of fused-ring (bicyclic) bond motifs is 1. The Morgan fingerprint density at radius 2 is 1.92 bits per heavy atom. The van der Waals surface area contributed by atoms with Crippen molar-refractivity contribution in [2.24, 2.45) is 0 Å². The van der Waals surface area contributed by atoms with E-state index in [1.807, 2.05) is 25.1 Å². The number of ether oxygens (including phenoxy) is 2. The Morgan fingerprint density at radius 3 is 2.62 bits per heavy atom. The molecule has 26 heavy (non-hydrogen) atoms. The normalized spacial score (nSPS) is 16.4. The lowest BCUT2D eigenvalue weighted by atomic mass is 9.96. The third kappa shape index (κ3) is 3.38. The molecule has 5 nitrogen and oxygen atoms in total. The molecule has 0 saturated carbocycles. The predicted octanol–water partition coefficient (Wildman–Crippen LogP) is 4.19.